The Morgan fingerprint density at radius 2 is 1.70 bits per heavy atom. The number of carbonyl (C=O) groups excluding carboxylic acids is 1. The van der Waals surface area contributed by atoms with E-state index in [-0.39, 0.29) is 41.0 Å². The number of imidazole rings is 1. The van der Waals surface area contributed by atoms with Crippen LogP contribution in [0.2, 0.25) is 5.02 Å². The molecule has 11 heteroatoms. The molecule has 0 bridgehead atoms. The summed E-state index contributed by atoms with van der Waals surface area (Å²) >= 11 is 5.77. The minimum atomic E-state index is -4.09. The van der Waals surface area contributed by atoms with Gasteiger partial charge in [-0.1, -0.05) is 36.7 Å². The minimum Gasteiger partial charge on any atom is -0.448 e. The second-order valence-corrected chi connectivity index (χ2v) is 10.1. The van der Waals surface area contributed by atoms with Crippen LogP contribution in [0.4, 0.5) is 4.79 Å². The van der Waals surface area contributed by atoms with Gasteiger partial charge in [0.25, 0.3) is 0 Å². The number of nitrogens with zero attached hydrogens (tertiary/aromatic N) is 4. The summed E-state index contributed by atoms with van der Waals surface area (Å²) in [5.41, 5.74) is 4.54. The van der Waals surface area contributed by atoms with Crippen molar-refractivity contribution in [3.8, 4) is 17.1 Å². The van der Waals surface area contributed by atoms with Gasteiger partial charge in [0.15, 0.2) is 6.03 Å². The van der Waals surface area contributed by atoms with Gasteiger partial charge >= 0.3 is 29.6 Å². The number of hydrogen-bond donors (Lipinski definition) is 1. The van der Waals surface area contributed by atoms with Crippen LogP contribution in [0.1, 0.15) is 24.0 Å². The Kier molecular flexibility index (Phi) is 9.92. The molecule has 2 heterocycles. The standard InChI is InChI=1S/C26H26ClN5O3S.Na/c1-3-25-30-24(23-6-4-5-18(2)29-23)17-32(25)21-11-7-19(8-12-21)15-16-28-26(33)31-36(34,35)22-13-9-20(27)10-14-22;/h4-14,17H,3,15-16H2,1-2H3,(H2,28,31,33);/q;+1/p-1. The van der Waals surface area contributed by atoms with Crippen LogP contribution in [-0.2, 0) is 22.9 Å². The van der Waals surface area contributed by atoms with Crippen molar-refractivity contribution in [3.05, 3.63) is 99.8 Å². The first-order valence-corrected chi connectivity index (χ1v) is 13.2. The van der Waals surface area contributed by atoms with E-state index in [1.807, 2.05) is 60.2 Å². The van der Waals surface area contributed by atoms with E-state index in [0.717, 1.165) is 40.6 Å². The number of halogens is 1. The zero-order valence-electron chi connectivity index (χ0n) is 20.8. The number of pyridine rings is 1. The number of sulfonamides is 1. The summed E-state index contributed by atoms with van der Waals surface area (Å²) in [6, 6.07) is 18.3. The fourth-order valence-corrected chi connectivity index (χ4v) is 4.63. The maximum Gasteiger partial charge on any atom is 1.00 e. The predicted molar refractivity (Wildman–Crippen MR) is 140 cm³/mol. The van der Waals surface area contributed by atoms with E-state index in [0.29, 0.717) is 11.4 Å². The van der Waals surface area contributed by atoms with E-state index in [2.05, 4.69) is 21.9 Å². The zero-order chi connectivity index (χ0) is 25.7. The first-order chi connectivity index (χ1) is 17.2. The zero-order valence-corrected chi connectivity index (χ0v) is 24.4. The molecule has 37 heavy (non-hydrogen) atoms. The molecule has 0 saturated carbocycles. The third kappa shape index (κ3) is 7.43. The summed E-state index contributed by atoms with van der Waals surface area (Å²) in [7, 11) is -4.09. The quantitative estimate of drug-likeness (QED) is 0.342. The number of amides is 2. The van der Waals surface area contributed by atoms with Gasteiger partial charge in [-0.25, -0.2) is 13.4 Å². The summed E-state index contributed by atoms with van der Waals surface area (Å²) in [6.45, 7) is 4.25. The summed E-state index contributed by atoms with van der Waals surface area (Å²) in [4.78, 5) is 21.3. The normalized spacial score (nSPS) is 11.0. The van der Waals surface area contributed by atoms with Crippen LogP contribution in [0.3, 0.4) is 0 Å². The Hall–Kier alpha value is -2.69. The number of aryl methyl sites for hydroxylation is 2. The number of benzene rings is 2. The van der Waals surface area contributed by atoms with Crippen molar-refractivity contribution >= 4 is 27.7 Å². The number of rotatable bonds is 8. The van der Waals surface area contributed by atoms with Gasteiger partial charge in [-0.2, -0.15) is 0 Å². The summed E-state index contributed by atoms with van der Waals surface area (Å²) < 4.78 is 29.8. The van der Waals surface area contributed by atoms with Crippen molar-refractivity contribution < 1.29 is 42.8 Å². The maximum atomic E-state index is 12.2. The topological polar surface area (TPSA) is 108 Å². The van der Waals surface area contributed by atoms with E-state index < -0.39 is 16.1 Å². The van der Waals surface area contributed by atoms with Gasteiger partial charge < -0.3 is 14.6 Å². The molecule has 4 rings (SSSR count). The SMILES string of the molecule is CCc1nc(-c2cccc(C)n2)cn1-c1ccc(CCNC(=O)[N-]S(=O)(=O)c2ccc(Cl)cc2)cc1.[Na+]. The van der Waals surface area contributed by atoms with Crippen LogP contribution in [-0.4, -0.2) is 35.5 Å². The largest absolute Gasteiger partial charge is 1.00 e. The minimum absolute atomic E-state index is 0. The molecular weight excluding hydrogens is 521 g/mol. The molecule has 186 valence electrons. The smallest absolute Gasteiger partial charge is 0.448 e. The second-order valence-electron chi connectivity index (χ2n) is 8.10. The van der Waals surface area contributed by atoms with E-state index in [1.165, 1.54) is 24.3 Å². The third-order valence-electron chi connectivity index (χ3n) is 5.46. The van der Waals surface area contributed by atoms with Crippen LogP contribution in [0, 0.1) is 6.92 Å². The molecule has 2 aromatic carbocycles. The Morgan fingerprint density at radius 1 is 1.00 bits per heavy atom. The van der Waals surface area contributed by atoms with E-state index in [4.69, 9.17) is 16.6 Å². The van der Waals surface area contributed by atoms with Crippen LogP contribution in [0.5, 0.6) is 0 Å². The van der Waals surface area contributed by atoms with Gasteiger partial charge in [-0.15, -0.1) is 0 Å². The Balaban J connectivity index is 0.00000380. The Labute approximate surface area is 243 Å². The molecule has 1 N–H and O–H groups in total. The molecule has 8 nitrogen and oxygen atoms in total. The molecule has 2 aromatic heterocycles. The molecule has 0 aliphatic rings. The van der Waals surface area contributed by atoms with Crippen LogP contribution in [0.25, 0.3) is 21.8 Å². The van der Waals surface area contributed by atoms with Gasteiger partial charge in [-0.3, -0.25) is 9.78 Å². The molecule has 0 aliphatic carbocycles. The molecule has 2 amide bonds. The summed E-state index contributed by atoms with van der Waals surface area (Å²) in [6.07, 6.45) is 3.27. The van der Waals surface area contributed by atoms with Gasteiger partial charge in [0.1, 0.15) is 11.5 Å². The molecule has 0 spiro atoms. The van der Waals surface area contributed by atoms with Crippen LogP contribution in [0.15, 0.2) is 77.8 Å². The molecule has 0 saturated heterocycles. The molecular formula is C26H25ClN5NaO3S. The fraction of sp³-hybridized carbons (Fsp3) is 0.192. The van der Waals surface area contributed by atoms with Crippen molar-refractivity contribution in [2.75, 3.05) is 6.54 Å². The van der Waals surface area contributed by atoms with Crippen molar-refractivity contribution in [2.45, 2.75) is 31.6 Å². The fourth-order valence-electron chi connectivity index (χ4n) is 3.64. The number of urea groups is 1. The molecule has 0 unspecified atom stereocenters. The molecule has 0 fully saturated rings. The van der Waals surface area contributed by atoms with Crippen molar-refractivity contribution in [1.82, 2.24) is 19.9 Å². The first kappa shape index (κ1) is 28.9. The van der Waals surface area contributed by atoms with E-state index in [9.17, 15) is 13.2 Å². The summed E-state index contributed by atoms with van der Waals surface area (Å²) in [5.74, 6) is 0.928. The van der Waals surface area contributed by atoms with Gasteiger partial charge in [0, 0.05) is 29.0 Å². The van der Waals surface area contributed by atoms with Crippen LogP contribution < -0.4 is 34.9 Å². The van der Waals surface area contributed by atoms with Crippen molar-refractivity contribution in [3.63, 3.8) is 0 Å². The van der Waals surface area contributed by atoms with Gasteiger partial charge in [0.05, 0.1) is 10.6 Å². The molecule has 0 radical (unpaired) electrons. The maximum absolute atomic E-state index is 12.2. The first-order valence-electron chi connectivity index (χ1n) is 11.4. The van der Waals surface area contributed by atoms with Gasteiger partial charge in [0.2, 0.25) is 10.0 Å². The third-order valence-corrected chi connectivity index (χ3v) is 6.99. The van der Waals surface area contributed by atoms with Crippen molar-refractivity contribution in [1.29, 1.82) is 0 Å². The number of hydrogen-bond acceptors (Lipinski definition) is 5. The number of aromatic nitrogens is 3. The Bertz CT molecular complexity index is 1470. The van der Waals surface area contributed by atoms with Gasteiger partial charge in [-0.05, 0) is 74.0 Å². The number of carbonyl (C=O) groups is 1. The van der Waals surface area contributed by atoms with Crippen molar-refractivity contribution in [2.24, 2.45) is 0 Å². The second kappa shape index (κ2) is 12.7. The Morgan fingerprint density at radius 3 is 2.35 bits per heavy atom. The molecule has 4 aromatic rings. The molecule has 0 atom stereocenters. The number of nitrogens with one attached hydrogen (secondary N) is 1. The average Bonchev–Trinajstić information content (AvgIpc) is 3.29. The van der Waals surface area contributed by atoms with Crippen LogP contribution >= 0.6 is 11.6 Å². The average molecular weight is 546 g/mol. The monoisotopic (exact) mass is 545 g/mol. The molecule has 0 aliphatic heterocycles. The van der Waals surface area contributed by atoms with E-state index in [1.54, 1.807) is 0 Å². The summed E-state index contributed by atoms with van der Waals surface area (Å²) in [5, 5.41) is 2.92. The predicted octanol–water partition coefficient (Wildman–Crippen LogP) is 2.48. The van der Waals surface area contributed by atoms with E-state index >= 15 is 0 Å².